The Morgan fingerprint density at radius 2 is 1.88 bits per heavy atom. The molecule has 0 heterocycles. The molecule has 1 amide bonds. The SMILES string of the molecule is CO[C@@H](CNC(=O)C(C)(C)C)c1ccccc1. The first kappa shape index (κ1) is 13.7. The van der Waals surface area contributed by atoms with Crippen molar-refractivity contribution in [1.29, 1.82) is 0 Å². The maximum absolute atomic E-state index is 11.7. The van der Waals surface area contributed by atoms with Gasteiger partial charge in [0.1, 0.15) is 0 Å². The maximum atomic E-state index is 11.7. The number of methoxy groups -OCH3 is 1. The molecule has 17 heavy (non-hydrogen) atoms. The molecule has 0 saturated heterocycles. The molecule has 3 nitrogen and oxygen atoms in total. The first-order chi connectivity index (χ1) is 7.95. The quantitative estimate of drug-likeness (QED) is 0.871. The molecule has 0 fully saturated rings. The molecule has 0 radical (unpaired) electrons. The summed E-state index contributed by atoms with van der Waals surface area (Å²) in [7, 11) is 1.65. The lowest BCUT2D eigenvalue weighted by Crippen LogP contribution is -2.37. The van der Waals surface area contributed by atoms with Crippen LogP contribution < -0.4 is 5.32 Å². The summed E-state index contributed by atoms with van der Waals surface area (Å²) >= 11 is 0. The highest BCUT2D eigenvalue weighted by molar-refractivity contribution is 5.81. The van der Waals surface area contributed by atoms with Crippen molar-refractivity contribution in [3.63, 3.8) is 0 Å². The van der Waals surface area contributed by atoms with E-state index in [9.17, 15) is 4.79 Å². The number of benzene rings is 1. The van der Waals surface area contributed by atoms with Gasteiger partial charge in [-0.15, -0.1) is 0 Å². The molecule has 1 N–H and O–H groups in total. The van der Waals surface area contributed by atoms with E-state index in [0.29, 0.717) is 6.54 Å². The maximum Gasteiger partial charge on any atom is 0.225 e. The van der Waals surface area contributed by atoms with E-state index in [1.165, 1.54) is 0 Å². The van der Waals surface area contributed by atoms with Crippen LogP contribution in [0.25, 0.3) is 0 Å². The number of ether oxygens (including phenoxy) is 1. The van der Waals surface area contributed by atoms with E-state index in [1.54, 1.807) is 7.11 Å². The zero-order chi connectivity index (χ0) is 12.9. The highest BCUT2D eigenvalue weighted by atomic mass is 16.5. The summed E-state index contributed by atoms with van der Waals surface area (Å²) in [5.41, 5.74) is 0.707. The molecule has 0 aliphatic heterocycles. The van der Waals surface area contributed by atoms with Crippen LogP contribution in [0.5, 0.6) is 0 Å². The first-order valence-electron chi connectivity index (χ1n) is 5.81. The van der Waals surface area contributed by atoms with Crippen LogP contribution in [0.15, 0.2) is 30.3 Å². The summed E-state index contributed by atoms with van der Waals surface area (Å²) in [5, 5.41) is 2.91. The Morgan fingerprint density at radius 1 is 1.29 bits per heavy atom. The number of nitrogens with one attached hydrogen (secondary N) is 1. The minimum Gasteiger partial charge on any atom is -0.375 e. The van der Waals surface area contributed by atoms with E-state index in [2.05, 4.69) is 5.32 Å². The van der Waals surface area contributed by atoms with Crippen molar-refractivity contribution in [2.75, 3.05) is 13.7 Å². The van der Waals surface area contributed by atoms with Crippen LogP contribution in [-0.2, 0) is 9.53 Å². The molecule has 0 saturated carbocycles. The highest BCUT2D eigenvalue weighted by Crippen LogP contribution is 2.17. The minimum atomic E-state index is -0.366. The van der Waals surface area contributed by atoms with Gasteiger partial charge in [-0.25, -0.2) is 0 Å². The third-order valence-electron chi connectivity index (χ3n) is 2.59. The highest BCUT2D eigenvalue weighted by Gasteiger charge is 2.22. The van der Waals surface area contributed by atoms with Gasteiger partial charge in [0.25, 0.3) is 0 Å². The Balaban J connectivity index is 2.58. The van der Waals surface area contributed by atoms with Crippen molar-refractivity contribution < 1.29 is 9.53 Å². The lowest BCUT2D eigenvalue weighted by atomic mass is 9.95. The lowest BCUT2D eigenvalue weighted by Gasteiger charge is -2.21. The normalized spacial score (nSPS) is 13.2. The van der Waals surface area contributed by atoms with Gasteiger partial charge < -0.3 is 10.1 Å². The standard InChI is InChI=1S/C14H21NO2/c1-14(2,3)13(16)15-10-12(17-4)11-8-6-5-7-9-11/h5-9,12H,10H2,1-4H3,(H,15,16)/t12-/m0/s1. The van der Waals surface area contributed by atoms with Gasteiger partial charge in [0, 0.05) is 19.1 Å². The average Bonchev–Trinajstić information content (AvgIpc) is 2.29. The second kappa shape index (κ2) is 5.82. The lowest BCUT2D eigenvalue weighted by molar-refractivity contribution is -0.129. The van der Waals surface area contributed by atoms with E-state index >= 15 is 0 Å². The van der Waals surface area contributed by atoms with Crippen molar-refractivity contribution in [3.05, 3.63) is 35.9 Å². The zero-order valence-corrected chi connectivity index (χ0v) is 11.0. The molecule has 1 aromatic rings. The summed E-state index contributed by atoms with van der Waals surface area (Å²) in [6.07, 6.45) is -0.0949. The van der Waals surface area contributed by atoms with Crippen molar-refractivity contribution in [1.82, 2.24) is 5.32 Å². The van der Waals surface area contributed by atoms with E-state index < -0.39 is 0 Å². The van der Waals surface area contributed by atoms with Crippen LogP contribution in [0.1, 0.15) is 32.4 Å². The summed E-state index contributed by atoms with van der Waals surface area (Å²) < 4.78 is 5.38. The Labute approximate surface area is 103 Å². The molecule has 1 aromatic carbocycles. The Morgan fingerprint density at radius 3 is 2.35 bits per heavy atom. The molecule has 94 valence electrons. The largest absolute Gasteiger partial charge is 0.375 e. The summed E-state index contributed by atoms with van der Waals surface area (Å²) in [6, 6.07) is 9.89. The van der Waals surface area contributed by atoms with Crippen LogP contribution in [0, 0.1) is 5.41 Å². The number of rotatable bonds is 4. The summed E-state index contributed by atoms with van der Waals surface area (Å²) in [6.45, 7) is 6.18. The van der Waals surface area contributed by atoms with Crippen LogP contribution in [0.2, 0.25) is 0 Å². The number of carbonyl (C=O) groups is 1. The second-order valence-electron chi connectivity index (χ2n) is 5.10. The Kier molecular flexibility index (Phi) is 4.70. The van der Waals surface area contributed by atoms with Crippen molar-refractivity contribution in [2.24, 2.45) is 5.41 Å². The molecule has 0 aliphatic rings. The smallest absolute Gasteiger partial charge is 0.225 e. The molecular weight excluding hydrogens is 214 g/mol. The second-order valence-corrected chi connectivity index (χ2v) is 5.10. The predicted molar refractivity (Wildman–Crippen MR) is 68.7 cm³/mol. The van der Waals surface area contributed by atoms with Gasteiger partial charge in [0.15, 0.2) is 0 Å². The van der Waals surface area contributed by atoms with Crippen molar-refractivity contribution in [2.45, 2.75) is 26.9 Å². The van der Waals surface area contributed by atoms with Crippen LogP contribution in [0.4, 0.5) is 0 Å². The van der Waals surface area contributed by atoms with E-state index in [-0.39, 0.29) is 17.4 Å². The van der Waals surface area contributed by atoms with E-state index in [0.717, 1.165) is 5.56 Å². The minimum absolute atomic E-state index is 0.0375. The number of carbonyl (C=O) groups excluding carboxylic acids is 1. The molecular formula is C14H21NO2. The van der Waals surface area contributed by atoms with Gasteiger partial charge in [0.2, 0.25) is 5.91 Å². The molecule has 0 bridgehead atoms. The third kappa shape index (κ3) is 4.19. The summed E-state index contributed by atoms with van der Waals surface area (Å²) in [4.78, 5) is 11.7. The van der Waals surface area contributed by atoms with Crippen LogP contribution >= 0.6 is 0 Å². The molecule has 0 spiro atoms. The van der Waals surface area contributed by atoms with Gasteiger partial charge in [-0.2, -0.15) is 0 Å². The van der Waals surface area contributed by atoms with Gasteiger partial charge in [-0.05, 0) is 5.56 Å². The molecule has 0 aliphatic carbocycles. The average molecular weight is 235 g/mol. The van der Waals surface area contributed by atoms with E-state index in [1.807, 2.05) is 51.1 Å². The molecule has 3 heteroatoms. The fourth-order valence-corrected chi connectivity index (χ4v) is 1.46. The zero-order valence-electron chi connectivity index (χ0n) is 11.0. The van der Waals surface area contributed by atoms with Gasteiger partial charge in [0.05, 0.1) is 6.10 Å². The first-order valence-corrected chi connectivity index (χ1v) is 5.81. The van der Waals surface area contributed by atoms with Crippen LogP contribution in [-0.4, -0.2) is 19.6 Å². The molecule has 0 aromatic heterocycles. The topological polar surface area (TPSA) is 38.3 Å². The Bertz CT molecular complexity index is 354. The predicted octanol–water partition coefficient (Wildman–Crippen LogP) is 2.54. The van der Waals surface area contributed by atoms with Gasteiger partial charge in [-0.3, -0.25) is 4.79 Å². The third-order valence-corrected chi connectivity index (χ3v) is 2.59. The number of hydrogen-bond acceptors (Lipinski definition) is 2. The van der Waals surface area contributed by atoms with Crippen molar-refractivity contribution >= 4 is 5.91 Å². The van der Waals surface area contributed by atoms with Crippen molar-refractivity contribution in [3.8, 4) is 0 Å². The molecule has 0 unspecified atom stereocenters. The van der Waals surface area contributed by atoms with Gasteiger partial charge in [-0.1, -0.05) is 51.1 Å². The van der Waals surface area contributed by atoms with Gasteiger partial charge >= 0.3 is 0 Å². The number of amides is 1. The summed E-state index contributed by atoms with van der Waals surface area (Å²) in [5.74, 6) is 0.0375. The Hall–Kier alpha value is -1.35. The fourth-order valence-electron chi connectivity index (χ4n) is 1.46. The fraction of sp³-hybridized carbons (Fsp3) is 0.500. The van der Waals surface area contributed by atoms with E-state index in [4.69, 9.17) is 4.74 Å². The van der Waals surface area contributed by atoms with Crippen LogP contribution in [0.3, 0.4) is 0 Å². The monoisotopic (exact) mass is 235 g/mol. The number of hydrogen-bond donors (Lipinski definition) is 1. The molecule has 1 rings (SSSR count). The molecule has 1 atom stereocenters.